The Kier molecular flexibility index (Phi) is 5.20. The number of benzene rings is 1. The summed E-state index contributed by atoms with van der Waals surface area (Å²) < 4.78 is 69.8. The topological polar surface area (TPSA) is 100 Å². The van der Waals surface area contributed by atoms with E-state index in [1.54, 1.807) is 12.1 Å². The molecule has 0 unspecified atom stereocenters. The number of hydrogen-bond acceptors (Lipinski definition) is 5. The van der Waals surface area contributed by atoms with Crippen molar-refractivity contribution < 1.29 is 31.6 Å². The third-order valence-electron chi connectivity index (χ3n) is 7.13. The van der Waals surface area contributed by atoms with Crippen molar-refractivity contribution in [3.63, 3.8) is 0 Å². The first-order chi connectivity index (χ1) is 18.4. The van der Waals surface area contributed by atoms with E-state index in [1.165, 1.54) is 30.5 Å². The predicted octanol–water partition coefficient (Wildman–Crippen LogP) is 3.99. The average molecular weight is 505 g/mol. The minimum absolute atomic E-state index is 0.0202. The van der Waals surface area contributed by atoms with E-state index >= 15 is 0 Å². The summed E-state index contributed by atoms with van der Waals surface area (Å²) in [5, 5.41) is 9.24. The van der Waals surface area contributed by atoms with E-state index < -0.39 is 55.2 Å². The molecule has 2 aromatic heterocycles. The number of methoxy groups -OCH3 is 1. The Morgan fingerprint density at radius 3 is 2.64 bits per heavy atom. The summed E-state index contributed by atoms with van der Waals surface area (Å²) in [6.45, 7) is -0.358. The number of alkyl halides is 3. The van der Waals surface area contributed by atoms with E-state index in [0.717, 1.165) is 4.90 Å². The van der Waals surface area contributed by atoms with Gasteiger partial charge in [-0.1, -0.05) is 12.1 Å². The molecule has 2 fully saturated rings. The number of nitrogens with one attached hydrogen (secondary N) is 2. The van der Waals surface area contributed by atoms with Gasteiger partial charge in [0.15, 0.2) is 0 Å². The lowest BCUT2D eigenvalue weighted by molar-refractivity contribution is -0.146. The smallest absolute Gasteiger partial charge is 0.248 e. The van der Waals surface area contributed by atoms with Gasteiger partial charge < -0.3 is 15.0 Å². The van der Waals surface area contributed by atoms with Crippen LogP contribution in [0.25, 0.3) is 11.0 Å². The molecule has 11 heteroatoms. The second-order valence-electron chi connectivity index (χ2n) is 9.36. The molecule has 5 rings (SSSR count). The van der Waals surface area contributed by atoms with E-state index in [2.05, 4.69) is 20.5 Å². The lowest BCUT2D eigenvalue weighted by Crippen LogP contribution is -2.54. The molecule has 1 saturated heterocycles. The number of fused-ring (bicyclic) bond motifs is 1. The molecule has 0 radical (unpaired) electrons. The molecular formula is C25H26F3N5O3. The second kappa shape index (κ2) is 9.11. The third-order valence-corrected chi connectivity index (χ3v) is 7.13. The predicted molar refractivity (Wildman–Crippen MR) is 126 cm³/mol. The van der Waals surface area contributed by atoms with Crippen molar-refractivity contribution in [2.45, 2.75) is 55.7 Å². The molecule has 190 valence electrons. The number of aromatic nitrogens is 3. The van der Waals surface area contributed by atoms with Gasteiger partial charge in [-0.3, -0.25) is 14.7 Å². The lowest BCUT2D eigenvalue weighted by Gasteiger charge is -2.42. The Balaban J connectivity index is 1.42. The number of H-pyrrole nitrogens is 1. The highest BCUT2D eigenvalue weighted by Gasteiger charge is 2.53. The van der Waals surface area contributed by atoms with Crippen LogP contribution >= 0.6 is 0 Å². The van der Waals surface area contributed by atoms with Crippen LogP contribution in [0.5, 0.6) is 5.75 Å². The van der Waals surface area contributed by atoms with Gasteiger partial charge in [0.1, 0.15) is 29.3 Å². The number of nitrogens with zero attached hydrogens (tertiary/aromatic N) is 3. The maximum atomic E-state index is 14.7. The Morgan fingerprint density at radius 1 is 1.17 bits per heavy atom. The summed E-state index contributed by atoms with van der Waals surface area (Å²) in [6, 6.07) is 7.67. The van der Waals surface area contributed by atoms with Crippen LogP contribution in [-0.2, 0) is 15.0 Å². The van der Waals surface area contributed by atoms with Gasteiger partial charge in [-0.2, -0.15) is 5.10 Å². The molecular weight excluding hydrogens is 475 g/mol. The van der Waals surface area contributed by atoms with Crippen LogP contribution < -0.4 is 10.1 Å². The number of carbonyl (C=O) groups is 2. The molecule has 2 N–H and O–H groups in total. The van der Waals surface area contributed by atoms with E-state index in [4.69, 9.17) is 8.85 Å². The zero-order valence-corrected chi connectivity index (χ0v) is 19.1. The van der Waals surface area contributed by atoms with Gasteiger partial charge in [0.2, 0.25) is 17.7 Å². The number of hydrogen-bond donors (Lipinski definition) is 2. The first-order valence-corrected chi connectivity index (χ1v) is 11.6. The van der Waals surface area contributed by atoms with Crippen molar-refractivity contribution in [2.75, 3.05) is 18.9 Å². The van der Waals surface area contributed by atoms with Crippen molar-refractivity contribution in [2.24, 2.45) is 0 Å². The number of ether oxygens (including phenoxy) is 1. The number of likely N-dealkylation sites (tertiary alicyclic amines) is 1. The molecule has 2 amide bonds. The highest BCUT2D eigenvalue weighted by atomic mass is 19.3. The molecule has 2 aliphatic rings. The number of aromatic amines is 1. The second-order valence-corrected chi connectivity index (χ2v) is 9.36. The van der Waals surface area contributed by atoms with E-state index in [9.17, 15) is 22.8 Å². The first kappa shape index (κ1) is 20.6. The summed E-state index contributed by atoms with van der Waals surface area (Å²) in [6.07, 6.45) is -1.83. The van der Waals surface area contributed by atoms with Gasteiger partial charge in [-0.05, 0) is 42.7 Å². The summed E-state index contributed by atoms with van der Waals surface area (Å²) in [7, 11) is -2.69. The standard InChI is InChI=1S/C25H26F3N5O3/c1-36-17-4-2-15(3-5-17)24(8-10-25(27,28)11-9-24)23(35)33-14-16(26)12-20(33)22(34)31-21-7-6-18-19(30-21)13-29-32-18/h2-7,13,16,20H,8-12,14H2,1H3,(H,29,32)(H,30,31,34)/t16-,20-/m1/s1/i1D3. The maximum absolute atomic E-state index is 14.7. The van der Waals surface area contributed by atoms with Gasteiger partial charge in [-0.25, -0.2) is 18.2 Å². The molecule has 1 saturated carbocycles. The van der Waals surface area contributed by atoms with Crippen molar-refractivity contribution in [1.29, 1.82) is 0 Å². The Hall–Kier alpha value is -3.63. The molecule has 0 spiro atoms. The van der Waals surface area contributed by atoms with Crippen LogP contribution in [0.3, 0.4) is 0 Å². The van der Waals surface area contributed by atoms with Gasteiger partial charge >= 0.3 is 0 Å². The normalized spacial score (nSPS) is 24.5. The number of amides is 2. The fourth-order valence-electron chi connectivity index (χ4n) is 5.15. The maximum Gasteiger partial charge on any atom is 0.248 e. The highest BCUT2D eigenvalue weighted by Crippen LogP contribution is 2.47. The average Bonchev–Trinajstić information content (AvgIpc) is 3.49. The minimum Gasteiger partial charge on any atom is -0.497 e. The highest BCUT2D eigenvalue weighted by molar-refractivity contribution is 5.99. The third kappa shape index (κ3) is 4.38. The van der Waals surface area contributed by atoms with E-state index in [1.807, 2.05) is 0 Å². The summed E-state index contributed by atoms with van der Waals surface area (Å²) >= 11 is 0. The Morgan fingerprint density at radius 2 is 1.92 bits per heavy atom. The van der Waals surface area contributed by atoms with Gasteiger partial charge in [0.05, 0.1) is 34.8 Å². The number of anilines is 1. The van der Waals surface area contributed by atoms with Crippen molar-refractivity contribution in [1.82, 2.24) is 20.1 Å². The SMILES string of the molecule is [2H]C([2H])([2H])Oc1ccc(C2(C(=O)N3C[C@H](F)C[C@@H]3C(=O)Nc3ccc4[nH]ncc4n3)CCC(F)(F)CC2)cc1. The van der Waals surface area contributed by atoms with Gasteiger partial charge in [0, 0.05) is 19.3 Å². The summed E-state index contributed by atoms with van der Waals surface area (Å²) in [4.78, 5) is 32.7. The van der Waals surface area contributed by atoms with Gasteiger partial charge in [0.25, 0.3) is 0 Å². The summed E-state index contributed by atoms with van der Waals surface area (Å²) in [5.74, 6) is -4.01. The van der Waals surface area contributed by atoms with Crippen LogP contribution in [0.4, 0.5) is 19.0 Å². The lowest BCUT2D eigenvalue weighted by atomic mass is 9.67. The van der Waals surface area contributed by atoms with Crippen molar-refractivity contribution >= 4 is 28.7 Å². The van der Waals surface area contributed by atoms with Crippen molar-refractivity contribution in [3.8, 4) is 5.75 Å². The Bertz CT molecular complexity index is 1370. The van der Waals surface area contributed by atoms with E-state index in [0.29, 0.717) is 16.6 Å². The first-order valence-electron chi connectivity index (χ1n) is 13.1. The molecule has 2 atom stereocenters. The van der Waals surface area contributed by atoms with E-state index in [-0.39, 0.29) is 37.4 Å². The summed E-state index contributed by atoms with van der Waals surface area (Å²) in [5.41, 5.74) is 0.0790. The molecule has 1 aromatic carbocycles. The monoisotopic (exact) mass is 504 g/mol. The van der Waals surface area contributed by atoms with Crippen LogP contribution in [0.15, 0.2) is 42.6 Å². The molecule has 36 heavy (non-hydrogen) atoms. The largest absolute Gasteiger partial charge is 0.497 e. The zero-order valence-electron chi connectivity index (χ0n) is 22.1. The Labute approximate surface area is 209 Å². The molecule has 0 bridgehead atoms. The minimum atomic E-state index is -2.96. The molecule has 1 aliphatic heterocycles. The van der Waals surface area contributed by atoms with Crippen LogP contribution in [0, 0.1) is 0 Å². The van der Waals surface area contributed by atoms with Crippen molar-refractivity contribution in [3.05, 3.63) is 48.2 Å². The van der Waals surface area contributed by atoms with Gasteiger partial charge in [-0.15, -0.1) is 0 Å². The molecule has 8 nitrogen and oxygen atoms in total. The molecule has 1 aliphatic carbocycles. The number of pyridine rings is 1. The number of carbonyl (C=O) groups excluding carboxylic acids is 2. The number of halogens is 3. The number of rotatable bonds is 5. The fraction of sp³-hybridized carbons (Fsp3) is 0.440. The van der Waals surface area contributed by atoms with Crippen LogP contribution in [-0.4, -0.2) is 63.6 Å². The quantitative estimate of drug-likeness (QED) is 0.547. The molecule has 3 aromatic rings. The van der Waals surface area contributed by atoms with Crippen LogP contribution in [0.1, 0.15) is 41.8 Å². The fourth-order valence-corrected chi connectivity index (χ4v) is 5.15. The van der Waals surface area contributed by atoms with Crippen LogP contribution in [0.2, 0.25) is 0 Å². The molecule has 3 heterocycles. The zero-order chi connectivity index (χ0) is 28.0.